The number of amides is 1. The number of nitrogens with two attached hydrogens (primary N) is 1. The first kappa shape index (κ1) is 24.1. The first-order valence-corrected chi connectivity index (χ1v) is 12.7. The van der Waals surface area contributed by atoms with Crippen molar-refractivity contribution in [3.63, 3.8) is 0 Å². The number of imidazole rings is 1. The number of primary amides is 1. The molecule has 2 aromatic carbocycles. The van der Waals surface area contributed by atoms with Gasteiger partial charge in [-0.15, -0.1) is 11.3 Å². The van der Waals surface area contributed by atoms with Crippen LogP contribution in [0.2, 0.25) is 0 Å². The summed E-state index contributed by atoms with van der Waals surface area (Å²) in [6.07, 6.45) is 3.87. The Morgan fingerprint density at radius 2 is 1.97 bits per heavy atom. The lowest BCUT2D eigenvalue weighted by Gasteiger charge is -2.22. The molecule has 0 aliphatic carbocycles. The van der Waals surface area contributed by atoms with E-state index in [0.717, 1.165) is 16.9 Å². The Balaban J connectivity index is 1.37. The molecular weight excluding hydrogens is 466 g/mol. The van der Waals surface area contributed by atoms with E-state index in [1.54, 1.807) is 47.1 Å². The van der Waals surface area contributed by atoms with Crippen molar-refractivity contribution in [3.05, 3.63) is 95.4 Å². The number of aliphatic hydroxyl groups is 1. The van der Waals surface area contributed by atoms with Gasteiger partial charge < -0.3 is 20.1 Å². The molecule has 4 aromatic rings. The highest BCUT2D eigenvalue weighted by molar-refractivity contribution is 8.01. The number of benzene rings is 2. The fourth-order valence-electron chi connectivity index (χ4n) is 3.69. The van der Waals surface area contributed by atoms with E-state index in [1.165, 1.54) is 9.10 Å². The monoisotopic (exact) mass is 493 g/mol. The zero-order valence-electron chi connectivity index (χ0n) is 18.8. The van der Waals surface area contributed by atoms with Crippen LogP contribution in [0.3, 0.4) is 0 Å². The van der Waals surface area contributed by atoms with Crippen LogP contribution < -0.4 is 10.5 Å². The molecule has 34 heavy (non-hydrogen) atoms. The van der Waals surface area contributed by atoms with E-state index < -0.39 is 12.0 Å². The molecule has 6 nitrogen and oxygen atoms in total. The normalized spacial score (nSPS) is 12.9. The molecule has 0 spiro atoms. The zero-order valence-corrected chi connectivity index (χ0v) is 20.5. The van der Waals surface area contributed by atoms with Crippen LogP contribution >= 0.6 is 23.1 Å². The number of carbonyl (C=O) groups excluding carboxylic acids is 1. The Hall–Kier alpha value is -3.07. The Morgan fingerprint density at radius 3 is 2.65 bits per heavy atom. The summed E-state index contributed by atoms with van der Waals surface area (Å²) in [5, 5.41) is 12.4. The Kier molecular flexibility index (Phi) is 8.05. The number of hydrogen-bond acceptors (Lipinski definition) is 6. The minimum Gasteiger partial charge on any atom is -0.489 e. The number of rotatable bonds is 11. The van der Waals surface area contributed by atoms with Crippen molar-refractivity contribution in [3.8, 4) is 5.75 Å². The molecule has 3 N–H and O–H groups in total. The van der Waals surface area contributed by atoms with Crippen LogP contribution in [0.15, 0.2) is 87.7 Å². The smallest absolute Gasteiger partial charge is 0.268 e. The summed E-state index contributed by atoms with van der Waals surface area (Å²) in [4.78, 5) is 16.6. The van der Waals surface area contributed by atoms with Crippen LogP contribution in [0.4, 0.5) is 0 Å². The zero-order chi connectivity index (χ0) is 23.9. The fraction of sp³-hybridized carbons (Fsp3) is 0.231. The number of para-hydroxylation sites is 1. The fourth-order valence-corrected chi connectivity index (χ4v) is 5.44. The van der Waals surface area contributed by atoms with Crippen molar-refractivity contribution in [2.75, 3.05) is 0 Å². The van der Waals surface area contributed by atoms with Crippen molar-refractivity contribution >= 4 is 29.0 Å². The van der Waals surface area contributed by atoms with Gasteiger partial charge in [0, 0.05) is 11.1 Å². The summed E-state index contributed by atoms with van der Waals surface area (Å²) >= 11 is 3.50. The summed E-state index contributed by atoms with van der Waals surface area (Å²) in [6, 6.07) is 20.3. The van der Waals surface area contributed by atoms with Gasteiger partial charge in [-0.05, 0) is 60.5 Å². The maximum atomic E-state index is 11.4. The van der Waals surface area contributed by atoms with Crippen LogP contribution in [-0.2, 0) is 13.0 Å². The van der Waals surface area contributed by atoms with Gasteiger partial charge in [-0.1, -0.05) is 48.2 Å². The third kappa shape index (κ3) is 6.28. The van der Waals surface area contributed by atoms with Gasteiger partial charge in [0.05, 0.1) is 22.7 Å². The number of nitrogens with zero attached hydrogens (tertiary/aromatic N) is 2. The van der Waals surface area contributed by atoms with E-state index >= 15 is 0 Å². The van der Waals surface area contributed by atoms with Gasteiger partial charge in [-0.25, -0.2) is 4.98 Å². The van der Waals surface area contributed by atoms with Gasteiger partial charge in [0.25, 0.3) is 5.91 Å². The highest BCUT2D eigenvalue weighted by atomic mass is 32.2. The van der Waals surface area contributed by atoms with Crippen molar-refractivity contribution in [2.24, 2.45) is 5.73 Å². The second kappa shape index (κ2) is 11.4. The van der Waals surface area contributed by atoms with Crippen LogP contribution in [0.1, 0.15) is 41.0 Å². The summed E-state index contributed by atoms with van der Waals surface area (Å²) in [6.45, 7) is 2.21. The summed E-state index contributed by atoms with van der Waals surface area (Å²) < 4.78 is 9.18. The molecule has 0 bridgehead atoms. The lowest BCUT2D eigenvalue weighted by molar-refractivity contribution is 0.0994. The van der Waals surface area contributed by atoms with Crippen LogP contribution in [0.25, 0.3) is 0 Å². The van der Waals surface area contributed by atoms with Gasteiger partial charge in [0.1, 0.15) is 18.1 Å². The van der Waals surface area contributed by atoms with Gasteiger partial charge in [0.2, 0.25) is 0 Å². The number of thiophene rings is 1. The second-order valence-electron chi connectivity index (χ2n) is 7.99. The average molecular weight is 494 g/mol. The van der Waals surface area contributed by atoms with Gasteiger partial charge in [0.15, 0.2) is 0 Å². The average Bonchev–Trinajstić information content (AvgIpc) is 3.52. The van der Waals surface area contributed by atoms with Gasteiger partial charge in [-0.3, -0.25) is 4.79 Å². The number of hydrogen-bond donors (Lipinski definition) is 2. The molecule has 0 radical (unpaired) electrons. The topological polar surface area (TPSA) is 90.4 Å². The number of aromatic nitrogens is 2. The molecule has 0 aliphatic rings. The highest BCUT2D eigenvalue weighted by Crippen LogP contribution is 2.31. The minimum atomic E-state index is -0.617. The largest absolute Gasteiger partial charge is 0.489 e. The molecule has 0 saturated heterocycles. The van der Waals surface area contributed by atoms with Crippen LogP contribution in [0.5, 0.6) is 5.75 Å². The quantitative estimate of drug-likeness (QED) is 0.295. The van der Waals surface area contributed by atoms with Gasteiger partial charge >= 0.3 is 0 Å². The standard InChI is InChI=1S/C26H27N3O3S2/c1-18(30)23(29-15-22(26(27)31)28-17-29)13-10-20-5-2-3-6-24(20)32-16-19-8-11-21(12-9-19)34-25-7-4-14-33-25/h2-9,11-12,14-15,17-18,23,30H,10,13,16H2,1H3,(H2,27,31). The first-order chi connectivity index (χ1) is 16.5. The molecular formula is C26H27N3O3S2. The van der Waals surface area contributed by atoms with Crippen LogP contribution in [-0.4, -0.2) is 26.7 Å². The van der Waals surface area contributed by atoms with Crippen molar-refractivity contribution in [1.82, 2.24) is 9.55 Å². The van der Waals surface area contributed by atoms with Crippen molar-refractivity contribution in [1.29, 1.82) is 0 Å². The summed E-state index contributed by atoms with van der Waals surface area (Å²) in [5.41, 5.74) is 7.67. The molecule has 176 valence electrons. The molecule has 1 amide bonds. The van der Waals surface area contributed by atoms with E-state index in [4.69, 9.17) is 10.5 Å². The van der Waals surface area contributed by atoms with Crippen molar-refractivity contribution < 1.29 is 14.6 Å². The van der Waals surface area contributed by atoms with E-state index in [9.17, 15) is 9.90 Å². The Bertz CT molecular complexity index is 1200. The molecule has 2 atom stereocenters. The molecule has 2 heterocycles. The van der Waals surface area contributed by atoms with Crippen LogP contribution in [0, 0.1) is 0 Å². The van der Waals surface area contributed by atoms with E-state index in [1.807, 2.05) is 24.3 Å². The molecule has 0 aliphatic heterocycles. The molecule has 0 saturated carbocycles. The summed E-state index contributed by atoms with van der Waals surface area (Å²) in [5.74, 6) is 0.243. The Morgan fingerprint density at radius 1 is 1.18 bits per heavy atom. The van der Waals surface area contributed by atoms with E-state index in [2.05, 4.69) is 46.8 Å². The minimum absolute atomic E-state index is 0.189. The number of ether oxygens (including phenoxy) is 1. The third-order valence-corrected chi connectivity index (χ3v) is 7.55. The highest BCUT2D eigenvalue weighted by Gasteiger charge is 2.19. The molecule has 2 unspecified atom stereocenters. The van der Waals surface area contributed by atoms with Gasteiger partial charge in [-0.2, -0.15) is 0 Å². The third-order valence-electron chi connectivity index (χ3n) is 5.51. The number of aliphatic hydroxyl groups excluding tert-OH is 1. The molecule has 8 heteroatoms. The second-order valence-corrected chi connectivity index (χ2v) is 10.3. The molecule has 2 aromatic heterocycles. The SMILES string of the molecule is CC(O)C(CCc1ccccc1OCc1ccc(Sc2cccs2)cc1)n1cnc(C(N)=O)c1. The lowest BCUT2D eigenvalue weighted by Crippen LogP contribution is -2.21. The first-order valence-electron chi connectivity index (χ1n) is 11.0. The van der Waals surface area contributed by atoms with E-state index in [0.29, 0.717) is 19.4 Å². The predicted molar refractivity (Wildman–Crippen MR) is 135 cm³/mol. The Labute approximate surface area is 207 Å². The number of aryl methyl sites for hydroxylation is 1. The lowest BCUT2D eigenvalue weighted by atomic mass is 10.0. The van der Waals surface area contributed by atoms with Crippen molar-refractivity contribution in [2.45, 2.75) is 47.6 Å². The summed E-state index contributed by atoms with van der Waals surface area (Å²) in [7, 11) is 0. The molecule has 0 fully saturated rings. The molecule has 4 rings (SSSR count). The van der Waals surface area contributed by atoms with E-state index in [-0.39, 0.29) is 11.7 Å². The predicted octanol–water partition coefficient (Wildman–Crippen LogP) is 5.33. The number of carbonyl (C=O) groups is 1. The maximum Gasteiger partial charge on any atom is 0.268 e. The maximum absolute atomic E-state index is 11.4.